The number of nitrogens with zero attached hydrogens (tertiary/aromatic N) is 4. The van der Waals surface area contributed by atoms with Gasteiger partial charge >= 0.3 is 0 Å². The maximum atomic E-state index is 13.3. The molecule has 148 valence electrons. The minimum atomic E-state index is -0.410. The SMILES string of the molecule is CC1=C(C(=O)Nc2ccccc2Cl)[C@@H](c2ccc(N(C)C)cc2)n2ncnc2N1. The van der Waals surface area contributed by atoms with Crippen molar-refractivity contribution in [1.29, 1.82) is 0 Å². The number of fused-ring (bicyclic) bond motifs is 1. The van der Waals surface area contributed by atoms with Gasteiger partial charge in [-0.05, 0) is 36.8 Å². The second-order valence-corrected chi connectivity index (χ2v) is 7.42. The molecule has 0 saturated carbocycles. The van der Waals surface area contributed by atoms with Crippen molar-refractivity contribution in [3.05, 3.63) is 76.7 Å². The summed E-state index contributed by atoms with van der Waals surface area (Å²) in [5.41, 5.74) is 3.85. The first-order valence-electron chi connectivity index (χ1n) is 9.16. The standard InChI is InChI=1S/C21H21ClN6O/c1-13-18(20(29)26-17-7-5-4-6-16(17)22)19(28-21(25-13)23-12-24-28)14-8-10-15(11-9-14)27(2)3/h4-12,19H,1-3H3,(H,26,29)(H,23,24,25)/t19-/m1/s1. The average molecular weight is 409 g/mol. The molecular weight excluding hydrogens is 388 g/mol. The largest absolute Gasteiger partial charge is 0.378 e. The molecule has 1 aromatic heterocycles. The zero-order chi connectivity index (χ0) is 20.5. The van der Waals surface area contributed by atoms with Crippen LogP contribution in [0.3, 0.4) is 0 Å². The maximum Gasteiger partial charge on any atom is 0.255 e. The van der Waals surface area contributed by atoms with Crippen molar-refractivity contribution in [2.24, 2.45) is 0 Å². The lowest BCUT2D eigenvalue weighted by molar-refractivity contribution is -0.113. The Hall–Kier alpha value is -3.32. The molecule has 8 heteroatoms. The van der Waals surface area contributed by atoms with Crippen LogP contribution in [-0.2, 0) is 4.79 Å². The Kier molecular flexibility index (Phi) is 4.98. The molecule has 2 N–H and O–H groups in total. The lowest BCUT2D eigenvalue weighted by Gasteiger charge is -2.29. The molecule has 29 heavy (non-hydrogen) atoms. The minimum Gasteiger partial charge on any atom is -0.378 e. The first kappa shape index (κ1) is 19.0. The zero-order valence-electron chi connectivity index (χ0n) is 16.3. The third-order valence-electron chi connectivity index (χ3n) is 4.89. The number of halogens is 1. The molecule has 4 rings (SSSR count). The highest BCUT2D eigenvalue weighted by molar-refractivity contribution is 6.33. The number of hydrogen-bond donors (Lipinski definition) is 2. The Balaban J connectivity index is 1.75. The van der Waals surface area contributed by atoms with E-state index in [1.807, 2.05) is 62.3 Å². The molecule has 2 heterocycles. The Morgan fingerprint density at radius 2 is 1.90 bits per heavy atom. The number of carbonyl (C=O) groups excluding carboxylic acids is 1. The normalized spacial score (nSPS) is 15.5. The third-order valence-corrected chi connectivity index (χ3v) is 5.22. The number of para-hydroxylation sites is 1. The van der Waals surface area contributed by atoms with Crippen LogP contribution >= 0.6 is 11.6 Å². The van der Waals surface area contributed by atoms with Gasteiger partial charge < -0.3 is 15.5 Å². The van der Waals surface area contributed by atoms with Crippen LogP contribution in [-0.4, -0.2) is 34.8 Å². The fraction of sp³-hybridized carbons (Fsp3) is 0.190. The topological polar surface area (TPSA) is 75.1 Å². The van der Waals surface area contributed by atoms with E-state index in [1.54, 1.807) is 16.8 Å². The number of nitrogens with one attached hydrogen (secondary N) is 2. The first-order chi connectivity index (χ1) is 14.0. The van der Waals surface area contributed by atoms with E-state index in [4.69, 9.17) is 11.6 Å². The lowest BCUT2D eigenvalue weighted by Crippen LogP contribution is -2.31. The third kappa shape index (κ3) is 3.56. The number of carbonyl (C=O) groups is 1. The number of amides is 1. The predicted molar refractivity (Wildman–Crippen MR) is 115 cm³/mol. The minimum absolute atomic E-state index is 0.245. The highest BCUT2D eigenvalue weighted by Crippen LogP contribution is 2.36. The van der Waals surface area contributed by atoms with Crippen LogP contribution < -0.4 is 15.5 Å². The molecule has 2 aromatic carbocycles. The molecule has 0 radical (unpaired) electrons. The summed E-state index contributed by atoms with van der Waals surface area (Å²) in [7, 11) is 3.98. The number of anilines is 3. The summed E-state index contributed by atoms with van der Waals surface area (Å²) in [5, 5.41) is 10.9. The van der Waals surface area contributed by atoms with Crippen LogP contribution in [0, 0.1) is 0 Å². The van der Waals surface area contributed by atoms with Gasteiger partial charge in [-0.15, -0.1) is 0 Å². The van der Waals surface area contributed by atoms with Crippen LogP contribution in [0.25, 0.3) is 0 Å². The van der Waals surface area contributed by atoms with E-state index in [0.29, 0.717) is 22.2 Å². The Morgan fingerprint density at radius 3 is 2.59 bits per heavy atom. The van der Waals surface area contributed by atoms with Gasteiger partial charge in [0.05, 0.1) is 16.3 Å². The molecule has 1 aliphatic heterocycles. The highest BCUT2D eigenvalue weighted by Gasteiger charge is 2.33. The van der Waals surface area contributed by atoms with Gasteiger partial charge in [0, 0.05) is 25.5 Å². The van der Waals surface area contributed by atoms with Crippen LogP contribution in [0.1, 0.15) is 18.5 Å². The van der Waals surface area contributed by atoms with Crippen molar-refractivity contribution >= 4 is 34.8 Å². The Labute approximate surface area is 174 Å². The lowest BCUT2D eigenvalue weighted by atomic mass is 9.94. The molecule has 1 aliphatic rings. The molecule has 3 aromatic rings. The highest BCUT2D eigenvalue weighted by atomic mass is 35.5. The molecule has 0 bridgehead atoms. The van der Waals surface area contributed by atoms with E-state index >= 15 is 0 Å². The van der Waals surface area contributed by atoms with Gasteiger partial charge in [-0.2, -0.15) is 10.1 Å². The van der Waals surface area contributed by atoms with Gasteiger partial charge in [0.1, 0.15) is 12.4 Å². The number of allylic oxidation sites excluding steroid dienone is 1. The smallest absolute Gasteiger partial charge is 0.255 e. The summed E-state index contributed by atoms with van der Waals surface area (Å²) in [6.07, 6.45) is 1.48. The van der Waals surface area contributed by atoms with Gasteiger partial charge in [0.25, 0.3) is 5.91 Å². The number of hydrogen-bond acceptors (Lipinski definition) is 5. The predicted octanol–water partition coefficient (Wildman–Crippen LogP) is 3.93. The van der Waals surface area contributed by atoms with Gasteiger partial charge in [0.15, 0.2) is 0 Å². The Morgan fingerprint density at radius 1 is 1.17 bits per heavy atom. The van der Waals surface area contributed by atoms with E-state index in [9.17, 15) is 4.79 Å². The average Bonchev–Trinajstić information content (AvgIpc) is 3.16. The number of aromatic nitrogens is 3. The van der Waals surface area contributed by atoms with E-state index in [-0.39, 0.29) is 5.91 Å². The number of rotatable bonds is 4. The first-order valence-corrected chi connectivity index (χ1v) is 9.54. The van der Waals surface area contributed by atoms with Gasteiger partial charge in [-0.1, -0.05) is 35.9 Å². The molecule has 0 fully saturated rings. The second kappa shape index (κ2) is 7.60. The van der Waals surface area contributed by atoms with Gasteiger partial charge in [0.2, 0.25) is 5.95 Å². The van der Waals surface area contributed by atoms with Gasteiger partial charge in [-0.25, -0.2) is 4.68 Å². The maximum absolute atomic E-state index is 13.3. The zero-order valence-corrected chi connectivity index (χ0v) is 17.1. The van der Waals surface area contributed by atoms with Crippen molar-refractivity contribution in [2.45, 2.75) is 13.0 Å². The fourth-order valence-corrected chi connectivity index (χ4v) is 3.58. The summed E-state index contributed by atoms with van der Waals surface area (Å²) in [4.78, 5) is 19.6. The molecular formula is C21H21ClN6O. The second-order valence-electron chi connectivity index (χ2n) is 7.01. The van der Waals surface area contributed by atoms with Crippen molar-refractivity contribution in [3.63, 3.8) is 0 Å². The van der Waals surface area contributed by atoms with Crippen molar-refractivity contribution in [1.82, 2.24) is 14.8 Å². The monoisotopic (exact) mass is 408 g/mol. The van der Waals surface area contributed by atoms with Crippen LogP contribution in [0.2, 0.25) is 5.02 Å². The molecule has 0 unspecified atom stereocenters. The van der Waals surface area contributed by atoms with E-state index in [2.05, 4.69) is 20.7 Å². The molecule has 1 atom stereocenters. The van der Waals surface area contributed by atoms with Crippen molar-refractivity contribution in [3.8, 4) is 0 Å². The summed E-state index contributed by atoms with van der Waals surface area (Å²) in [6.45, 7) is 1.86. The molecule has 0 saturated heterocycles. The molecule has 1 amide bonds. The van der Waals surface area contributed by atoms with Crippen molar-refractivity contribution < 1.29 is 4.79 Å². The van der Waals surface area contributed by atoms with Crippen LogP contribution in [0.4, 0.5) is 17.3 Å². The molecule has 0 spiro atoms. The van der Waals surface area contributed by atoms with E-state index in [0.717, 1.165) is 16.9 Å². The summed E-state index contributed by atoms with van der Waals surface area (Å²) in [5.74, 6) is 0.351. The quantitative estimate of drug-likeness (QED) is 0.684. The molecule has 0 aliphatic carbocycles. The molecule has 7 nitrogen and oxygen atoms in total. The van der Waals surface area contributed by atoms with E-state index in [1.165, 1.54) is 6.33 Å². The Bertz CT molecular complexity index is 1090. The summed E-state index contributed by atoms with van der Waals surface area (Å²) >= 11 is 6.23. The van der Waals surface area contributed by atoms with Crippen LogP contribution in [0.15, 0.2) is 66.1 Å². The summed E-state index contributed by atoms with van der Waals surface area (Å²) < 4.78 is 1.72. The van der Waals surface area contributed by atoms with Crippen LogP contribution in [0.5, 0.6) is 0 Å². The van der Waals surface area contributed by atoms with E-state index < -0.39 is 6.04 Å². The van der Waals surface area contributed by atoms with Crippen molar-refractivity contribution in [2.75, 3.05) is 29.6 Å². The number of benzene rings is 2. The fourth-order valence-electron chi connectivity index (χ4n) is 3.40. The summed E-state index contributed by atoms with van der Waals surface area (Å²) in [6, 6.07) is 14.8. The van der Waals surface area contributed by atoms with Gasteiger partial charge in [-0.3, -0.25) is 4.79 Å².